The van der Waals surface area contributed by atoms with Crippen LogP contribution >= 0.6 is 12.1 Å². The highest BCUT2D eigenvalue weighted by Gasteiger charge is 2.50. The van der Waals surface area contributed by atoms with Crippen molar-refractivity contribution in [3.8, 4) is 17.6 Å². The minimum atomic E-state index is -3.24. The van der Waals surface area contributed by atoms with E-state index in [1.54, 1.807) is 23.7 Å². The van der Waals surface area contributed by atoms with Gasteiger partial charge in [0.2, 0.25) is 5.91 Å². The molecule has 2 N–H and O–H groups in total. The minimum Gasteiger partial charge on any atom is -0.453 e. The molecule has 1 saturated carbocycles. The number of halogens is 4. The minimum absolute atomic E-state index is 0.0280. The predicted molar refractivity (Wildman–Crippen MR) is 243 cm³/mol. The van der Waals surface area contributed by atoms with E-state index in [4.69, 9.17) is 9.47 Å². The fourth-order valence-corrected chi connectivity index (χ4v) is 10.2. The number of piperidine rings is 1. The van der Waals surface area contributed by atoms with Gasteiger partial charge in [-0.3, -0.25) is 34.0 Å². The molecule has 2 unspecified atom stereocenters. The monoisotopic (exact) mass is 932 g/mol. The van der Waals surface area contributed by atoms with Crippen LogP contribution in [-0.4, -0.2) is 97.9 Å². The second kappa shape index (κ2) is 18.9. The molecule has 66 heavy (non-hydrogen) atoms. The molecule has 4 aliphatic rings. The number of aryl methyl sites for hydroxylation is 1. The predicted octanol–water partition coefficient (Wildman–Crippen LogP) is 8.39. The molecular weight excluding hydrogens is 881 g/mol. The summed E-state index contributed by atoms with van der Waals surface area (Å²) in [5.74, 6) is -6.53. The van der Waals surface area contributed by atoms with Crippen molar-refractivity contribution in [2.75, 3.05) is 49.5 Å². The Labute approximate surface area is 383 Å². The highest BCUT2D eigenvalue weighted by molar-refractivity contribution is 7.98. The van der Waals surface area contributed by atoms with E-state index in [-0.39, 0.29) is 82.9 Å². The number of nitriles is 1. The second-order valence-electron chi connectivity index (χ2n) is 17.0. The fraction of sp³-hybridized carbons (Fsp3) is 0.478. The molecule has 2 atom stereocenters. The van der Waals surface area contributed by atoms with Gasteiger partial charge in [0.25, 0.3) is 11.5 Å². The number of carbonyl (C=O) groups is 2. The van der Waals surface area contributed by atoms with Crippen LogP contribution in [0.5, 0.6) is 11.5 Å². The van der Waals surface area contributed by atoms with Crippen LogP contribution in [0.15, 0.2) is 53.6 Å². The standard InChI is InChI=1S/C44H46F4N10O5S.C2H6/c1-4-54(2)64-53-36-8-6-33(45)39(31(36)21-49)63-27-5-7-35-29(17-27)41(60)58(24-50-35)26-20-43(62-22-26)13-9-25(10-14-43)56-15-11-32(44(47,48)23-56)28-19-37-30(18-34(28)46)40(52-55(37)3)57-16-12-38(59)51-42(57)61;1-2/h5-8,17-19,24-26,32,53H,4,9-16,20,22-23H2,1-3H3,(H,51,59,61);1-2H3. The largest absolute Gasteiger partial charge is 0.453 e. The van der Waals surface area contributed by atoms with Crippen molar-refractivity contribution in [2.24, 2.45) is 7.05 Å². The Morgan fingerprint density at radius 3 is 2.52 bits per heavy atom. The van der Waals surface area contributed by atoms with Crippen LogP contribution in [0.3, 0.4) is 0 Å². The molecule has 15 nitrogen and oxygen atoms in total. The number of nitrogens with zero attached hydrogens (tertiary/aromatic N) is 8. The molecule has 5 heterocycles. The van der Waals surface area contributed by atoms with Crippen LogP contribution in [0.1, 0.15) is 88.8 Å². The molecule has 1 aliphatic carbocycles. The first-order valence-corrected chi connectivity index (χ1v) is 23.0. The van der Waals surface area contributed by atoms with E-state index in [2.05, 4.69) is 20.1 Å². The lowest BCUT2D eigenvalue weighted by atomic mass is 9.78. The number of alkyl halides is 2. The molecule has 20 heteroatoms. The maximum Gasteiger partial charge on any atom is 0.329 e. The highest BCUT2D eigenvalue weighted by Crippen LogP contribution is 2.48. The summed E-state index contributed by atoms with van der Waals surface area (Å²) in [4.78, 5) is 45.8. The molecule has 9 rings (SSSR count). The Bertz CT molecular complexity index is 2770. The van der Waals surface area contributed by atoms with Crippen molar-refractivity contribution < 1.29 is 36.6 Å². The van der Waals surface area contributed by atoms with Gasteiger partial charge in [0.1, 0.15) is 23.2 Å². The van der Waals surface area contributed by atoms with Crippen LogP contribution < -0.4 is 25.2 Å². The van der Waals surface area contributed by atoms with Gasteiger partial charge in [0, 0.05) is 50.1 Å². The Hall–Kier alpha value is -5.75. The number of hydrogen-bond acceptors (Lipinski definition) is 12. The van der Waals surface area contributed by atoms with E-state index >= 15 is 17.6 Å². The molecule has 1 spiro atoms. The van der Waals surface area contributed by atoms with Crippen molar-refractivity contribution in [1.82, 2.24) is 33.9 Å². The summed E-state index contributed by atoms with van der Waals surface area (Å²) < 4.78 is 83.5. The number of ether oxygens (including phenoxy) is 2. The van der Waals surface area contributed by atoms with Crippen LogP contribution in [0.4, 0.5) is 33.9 Å². The number of urea groups is 1. The molecule has 3 aromatic carbocycles. The smallest absolute Gasteiger partial charge is 0.329 e. The number of amides is 3. The Kier molecular flexibility index (Phi) is 13.4. The fourth-order valence-electron chi connectivity index (χ4n) is 9.61. The zero-order chi connectivity index (χ0) is 47.1. The van der Waals surface area contributed by atoms with Crippen molar-refractivity contribution in [3.05, 3.63) is 81.9 Å². The number of hydrogen-bond donors (Lipinski definition) is 2. The summed E-state index contributed by atoms with van der Waals surface area (Å²) in [5, 5.41) is 17.1. The third-order valence-electron chi connectivity index (χ3n) is 13.2. The van der Waals surface area contributed by atoms with E-state index < -0.39 is 47.6 Å². The van der Waals surface area contributed by atoms with Gasteiger partial charge in [-0.15, -0.1) is 0 Å². The Balaban J connectivity index is 0.00000292. The van der Waals surface area contributed by atoms with Gasteiger partial charge in [0.15, 0.2) is 17.4 Å². The van der Waals surface area contributed by atoms with E-state index in [1.807, 2.05) is 43.1 Å². The van der Waals surface area contributed by atoms with Gasteiger partial charge in [-0.1, -0.05) is 20.8 Å². The lowest BCUT2D eigenvalue weighted by Gasteiger charge is -2.46. The number of rotatable bonds is 10. The first kappa shape index (κ1) is 46.8. The quantitative estimate of drug-likeness (QED) is 0.102. The lowest BCUT2D eigenvalue weighted by molar-refractivity contribution is -0.120. The summed E-state index contributed by atoms with van der Waals surface area (Å²) in [5.41, 5.74) is 0.181. The van der Waals surface area contributed by atoms with Crippen molar-refractivity contribution >= 4 is 57.4 Å². The van der Waals surface area contributed by atoms with E-state index in [0.717, 1.165) is 12.6 Å². The van der Waals surface area contributed by atoms with Crippen LogP contribution in [0.2, 0.25) is 0 Å². The topological polar surface area (TPSA) is 163 Å². The first-order valence-electron chi connectivity index (χ1n) is 22.3. The summed E-state index contributed by atoms with van der Waals surface area (Å²) in [6, 6.07) is 10.8. The third-order valence-corrected chi connectivity index (χ3v) is 14.1. The lowest BCUT2D eigenvalue weighted by Crippen LogP contribution is -2.53. The molecule has 0 radical (unpaired) electrons. The summed E-state index contributed by atoms with van der Waals surface area (Å²) in [6.07, 6.45) is 4.55. The number of fused-ring (bicyclic) bond motifs is 2. The Morgan fingerprint density at radius 2 is 1.80 bits per heavy atom. The Morgan fingerprint density at radius 1 is 1.03 bits per heavy atom. The summed E-state index contributed by atoms with van der Waals surface area (Å²) in [7, 11) is 3.46. The zero-order valence-electron chi connectivity index (χ0n) is 37.4. The maximum absolute atomic E-state index is 16.1. The van der Waals surface area contributed by atoms with Gasteiger partial charge >= 0.3 is 6.03 Å². The number of likely N-dealkylation sites (tertiary alicyclic amines) is 1. The number of carbonyl (C=O) groups excluding carboxylic acids is 2. The average molecular weight is 933 g/mol. The van der Waals surface area contributed by atoms with Gasteiger partial charge in [-0.25, -0.2) is 31.6 Å². The van der Waals surface area contributed by atoms with E-state index in [9.17, 15) is 19.6 Å². The normalized spacial score (nSPS) is 23.2. The van der Waals surface area contributed by atoms with E-state index in [0.29, 0.717) is 55.4 Å². The molecule has 350 valence electrons. The maximum atomic E-state index is 16.1. The number of nitrogens with one attached hydrogen (secondary N) is 2. The molecule has 2 aromatic heterocycles. The zero-order valence-corrected chi connectivity index (χ0v) is 38.2. The molecule has 0 bridgehead atoms. The number of anilines is 2. The van der Waals surface area contributed by atoms with Gasteiger partial charge in [-0.2, -0.15) is 10.4 Å². The number of imide groups is 1. The van der Waals surface area contributed by atoms with Crippen molar-refractivity contribution in [2.45, 2.75) is 95.2 Å². The van der Waals surface area contributed by atoms with Crippen LogP contribution in [-0.2, 0) is 16.6 Å². The SMILES string of the molecule is CC.CCN(C)SNc1ccc(F)c(Oc2ccc3ncn(C4COC5(CCC(N6CCC(c7cc8c(cc7F)c(N7CCC(=O)NC7=O)nn8C)C(F)(F)C6)CC5)C4)c(=O)c3c2)c1C#N. The van der Waals surface area contributed by atoms with Crippen molar-refractivity contribution in [3.63, 3.8) is 0 Å². The second-order valence-corrected chi connectivity index (χ2v) is 18.0. The van der Waals surface area contributed by atoms with E-state index in [1.165, 1.54) is 52.3 Å². The average Bonchev–Trinajstić information content (AvgIpc) is 3.86. The van der Waals surface area contributed by atoms with Crippen LogP contribution in [0.25, 0.3) is 21.8 Å². The molecular formula is C46H52F4N10O5S. The first-order chi connectivity index (χ1) is 31.7. The summed E-state index contributed by atoms with van der Waals surface area (Å²) in [6.45, 7) is 6.84. The summed E-state index contributed by atoms with van der Waals surface area (Å²) >= 11 is 1.25. The number of benzene rings is 3. The van der Waals surface area contributed by atoms with Crippen LogP contribution in [0, 0.1) is 23.0 Å². The van der Waals surface area contributed by atoms with Gasteiger partial charge in [0.05, 0.1) is 59.1 Å². The molecule has 5 aromatic rings. The van der Waals surface area contributed by atoms with Crippen molar-refractivity contribution in [1.29, 1.82) is 5.26 Å². The number of aromatic nitrogens is 4. The highest BCUT2D eigenvalue weighted by atomic mass is 32.2. The third kappa shape index (κ3) is 8.93. The van der Waals surface area contributed by atoms with Gasteiger partial charge in [-0.05, 0) is 100 Å². The molecule has 3 amide bonds. The molecule has 3 aliphatic heterocycles. The van der Waals surface area contributed by atoms with Gasteiger partial charge < -0.3 is 14.2 Å². The molecule has 4 fully saturated rings. The molecule has 3 saturated heterocycles.